The Hall–Kier alpha value is -2.70. The number of aromatic amines is 1. The molecule has 0 aliphatic rings. The molecule has 0 spiro atoms. The van der Waals surface area contributed by atoms with Crippen molar-refractivity contribution in [1.82, 2.24) is 15.2 Å². The van der Waals surface area contributed by atoms with E-state index in [1.807, 2.05) is 64.0 Å². The number of hydrogen-bond donors (Lipinski definition) is 2. The Bertz CT molecular complexity index is 740. The monoisotopic (exact) mass is 314 g/mol. The van der Waals surface area contributed by atoms with E-state index in [0.29, 0.717) is 11.5 Å². The molecule has 0 aliphatic carbocycles. The van der Waals surface area contributed by atoms with Crippen LogP contribution in [-0.2, 0) is 5.41 Å². The molecule has 0 bridgehead atoms. The van der Waals surface area contributed by atoms with Crippen LogP contribution in [0.5, 0.6) is 0 Å². The van der Waals surface area contributed by atoms with Crippen LogP contribution in [0.2, 0.25) is 0 Å². The molecular weight excluding hydrogens is 292 g/mol. The quantitative estimate of drug-likeness (QED) is 0.665. The van der Waals surface area contributed by atoms with E-state index in [9.17, 15) is 4.79 Å². The molecule has 7 nitrogen and oxygen atoms in total. The number of nitrogens with one attached hydrogen (secondary N) is 2. The van der Waals surface area contributed by atoms with Crippen molar-refractivity contribution in [2.45, 2.75) is 26.2 Å². The minimum Gasteiger partial charge on any atom is -0.378 e. The fraction of sp³-hybridized carbons (Fsp3) is 0.375. The van der Waals surface area contributed by atoms with E-state index in [1.54, 1.807) is 6.21 Å². The van der Waals surface area contributed by atoms with Crippen LogP contribution >= 0.6 is 0 Å². The molecule has 2 aromatic rings. The van der Waals surface area contributed by atoms with Gasteiger partial charge in [-0.1, -0.05) is 32.9 Å². The van der Waals surface area contributed by atoms with Crippen LogP contribution < -0.4 is 16.0 Å². The van der Waals surface area contributed by atoms with Crippen molar-refractivity contribution in [3.05, 3.63) is 46.0 Å². The zero-order valence-corrected chi connectivity index (χ0v) is 14.1. The van der Waals surface area contributed by atoms with Gasteiger partial charge in [0.25, 0.3) is 0 Å². The lowest BCUT2D eigenvalue weighted by Crippen LogP contribution is -2.24. The number of hydrogen-bond acceptors (Lipinski definition) is 6. The second-order valence-electron chi connectivity index (χ2n) is 6.44. The Morgan fingerprint density at radius 2 is 1.87 bits per heavy atom. The lowest BCUT2D eigenvalue weighted by atomic mass is 9.92. The molecule has 2 N–H and O–H groups in total. The molecule has 1 aromatic carbocycles. The van der Waals surface area contributed by atoms with Crippen LogP contribution in [-0.4, -0.2) is 35.5 Å². The summed E-state index contributed by atoms with van der Waals surface area (Å²) in [5.41, 5.74) is 4.75. The van der Waals surface area contributed by atoms with Gasteiger partial charge in [-0.25, -0.2) is 9.89 Å². The summed E-state index contributed by atoms with van der Waals surface area (Å²) in [4.78, 5) is 17.3. The van der Waals surface area contributed by atoms with Gasteiger partial charge in [0.1, 0.15) is 5.69 Å². The van der Waals surface area contributed by atoms with Gasteiger partial charge in [0, 0.05) is 25.2 Å². The van der Waals surface area contributed by atoms with Crippen LogP contribution in [0.25, 0.3) is 0 Å². The average Bonchev–Trinajstić information content (AvgIpc) is 2.46. The molecule has 2 rings (SSSR count). The molecule has 0 atom stereocenters. The summed E-state index contributed by atoms with van der Waals surface area (Å²) < 4.78 is 0. The first-order valence-corrected chi connectivity index (χ1v) is 7.31. The van der Waals surface area contributed by atoms with E-state index in [2.05, 4.69) is 25.7 Å². The van der Waals surface area contributed by atoms with E-state index < -0.39 is 5.69 Å². The van der Waals surface area contributed by atoms with Crippen LogP contribution in [0, 0.1) is 0 Å². The Balaban J connectivity index is 2.17. The second kappa shape index (κ2) is 6.60. The summed E-state index contributed by atoms with van der Waals surface area (Å²) in [5.74, 6) is 0.363. The van der Waals surface area contributed by atoms with E-state index >= 15 is 0 Å². The number of nitrogens with zero attached hydrogens (tertiary/aromatic N) is 4. The highest BCUT2D eigenvalue weighted by atomic mass is 16.1. The highest BCUT2D eigenvalue weighted by molar-refractivity contribution is 5.80. The van der Waals surface area contributed by atoms with E-state index in [4.69, 9.17) is 0 Å². The van der Waals surface area contributed by atoms with Gasteiger partial charge in [0.05, 0.1) is 6.21 Å². The maximum Gasteiger partial charge on any atom is 0.363 e. The molecule has 122 valence electrons. The number of rotatable bonds is 4. The van der Waals surface area contributed by atoms with Crippen molar-refractivity contribution in [3.8, 4) is 0 Å². The first-order valence-electron chi connectivity index (χ1n) is 7.31. The molecule has 7 heteroatoms. The Kier molecular flexibility index (Phi) is 4.78. The number of hydrazone groups is 1. The second-order valence-corrected chi connectivity index (χ2v) is 6.44. The van der Waals surface area contributed by atoms with Gasteiger partial charge < -0.3 is 4.90 Å². The van der Waals surface area contributed by atoms with Crippen molar-refractivity contribution in [2.75, 3.05) is 24.4 Å². The largest absolute Gasteiger partial charge is 0.378 e. The maximum absolute atomic E-state index is 11.4. The topological polar surface area (TPSA) is 86.3 Å². The van der Waals surface area contributed by atoms with E-state index in [0.717, 1.165) is 11.3 Å². The summed E-state index contributed by atoms with van der Waals surface area (Å²) in [6.07, 6.45) is 1.68. The average molecular weight is 314 g/mol. The van der Waals surface area contributed by atoms with E-state index in [-0.39, 0.29) is 5.41 Å². The Labute approximate surface area is 135 Å². The Morgan fingerprint density at radius 3 is 2.43 bits per heavy atom. The molecule has 0 aliphatic heterocycles. The summed E-state index contributed by atoms with van der Waals surface area (Å²) in [5, 5.41) is 10.6. The zero-order chi connectivity index (χ0) is 17.0. The van der Waals surface area contributed by atoms with Crippen LogP contribution in [0.1, 0.15) is 32.0 Å². The normalized spacial score (nSPS) is 11.7. The summed E-state index contributed by atoms with van der Waals surface area (Å²) in [6.45, 7) is 5.97. The predicted octanol–water partition coefficient (Wildman–Crippen LogP) is 1.97. The van der Waals surface area contributed by atoms with Crippen molar-refractivity contribution >= 4 is 17.7 Å². The molecule has 0 saturated carbocycles. The van der Waals surface area contributed by atoms with Crippen LogP contribution in [0.3, 0.4) is 0 Å². The minimum absolute atomic E-state index is 0.261. The Morgan fingerprint density at radius 1 is 1.22 bits per heavy atom. The smallest absolute Gasteiger partial charge is 0.363 e. The van der Waals surface area contributed by atoms with Crippen LogP contribution in [0.4, 0.5) is 11.5 Å². The lowest BCUT2D eigenvalue weighted by Gasteiger charge is -2.18. The molecule has 23 heavy (non-hydrogen) atoms. The lowest BCUT2D eigenvalue weighted by molar-refractivity contribution is 0.553. The van der Waals surface area contributed by atoms with Crippen molar-refractivity contribution in [1.29, 1.82) is 0 Å². The first-order chi connectivity index (χ1) is 10.8. The van der Waals surface area contributed by atoms with Gasteiger partial charge >= 0.3 is 5.69 Å². The van der Waals surface area contributed by atoms with Gasteiger partial charge in [-0.2, -0.15) is 15.2 Å². The SMILES string of the molecule is CN(C)c1ccc(/C=N/Nc2nc(=O)[nH]nc2C(C)(C)C)cc1. The standard InChI is InChI=1S/C16H22N6O/c1-16(2,3)13-14(18-15(23)21-19-13)20-17-10-11-6-8-12(9-7-11)22(4)5/h6-10H,1-5H3,(H2,18,20,21,23)/b17-10+. The van der Waals surface area contributed by atoms with Gasteiger partial charge in [-0.15, -0.1) is 0 Å². The third kappa shape index (κ3) is 4.38. The predicted molar refractivity (Wildman–Crippen MR) is 93.3 cm³/mol. The van der Waals surface area contributed by atoms with Gasteiger partial charge in [0.2, 0.25) is 0 Å². The highest BCUT2D eigenvalue weighted by Gasteiger charge is 2.21. The molecule has 0 unspecified atom stereocenters. The molecule has 1 heterocycles. The summed E-state index contributed by atoms with van der Waals surface area (Å²) >= 11 is 0. The van der Waals surface area contributed by atoms with Gasteiger partial charge in [-0.05, 0) is 17.7 Å². The number of H-pyrrole nitrogens is 1. The minimum atomic E-state index is -0.508. The number of benzene rings is 1. The third-order valence-corrected chi connectivity index (χ3v) is 3.20. The van der Waals surface area contributed by atoms with Crippen LogP contribution in [0.15, 0.2) is 34.2 Å². The number of anilines is 2. The van der Waals surface area contributed by atoms with Crippen molar-refractivity contribution in [3.63, 3.8) is 0 Å². The number of aromatic nitrogens is 3. The van der Waals surface area contributed by atoms with Gasteiger partial charge in [0.15, 0.2) is 5.82 Å². The zero-order valence-electron chi connectivity index (χ0n) is 14.1. The third-order valence-electron chi connectivity index (χ3n) is 3.20. The summed E-state index contributed by atoms with van der Waals surface area (Å²) in [7, 11) is 3.98. The molecule has 0 fully saturated rings. The fourth-order valence-corrected chi connectivity index (χ4v) is 1.96. The van der Waals surface area contributed by atoms with Gasteiger partial charge in [-0.3, -0.25) is 5.43 Å². The maximum atomic E-state index is 11.4. The molecule has 0 saturated heterocycles. The molecule has 0 radical (unpaired) electrons. The highest BCUT2D eigenvalue weighted by Crippen LogP contribution is 2.24. The molecule has 0 amide bonds. The summed E-state index contributed by atoms with van der Waals surface area (Å²) in [6, 6.07) is 7.95. The first kappa shape index (κ1) is 16.7. The molecular formula is C16H22N6O. The van der Waals surface area contributed by atoms with Crippen molar-refractivity contribution < 1.29 is 0 Å². The molecule has 1 aromatic heterocycles. The van der Waals surface area contributed by atoms with E-state index in [1.165, 1.54) is 0 Å². The van der Waals surface area contributed by atoms with Crippen molar-refractivity contribution in [2.24, 2.45) is 5.10 Å². The fourth-order valence-electron chi connectivity index (χ4n) is 1.96.